The van der Waals surface area contributed by atoms with Gasteiger partial charge in [-0.15, -0.1) is 0 Å². The summed E-state index contributed by atoms with van der Waals surface area (Å²) in [5.41, 5.74) is 11.8. The number of amides is 2. The number of carbonyl (C=O) groups is 2. The van der Waals surface area contributed by atoms with Crippen LogP contribution in [-0.2, 0) is 0 Å². The van der Waals surface area contributed by atoms with Crippen LogP contribution in [0.15, 0.2) is 36.4 Å². The molecule has 2 amide bonds. The van der Waals surface area contributed by atoms with E-state index in [0.717, 1.165) is 0 Å². The quantitative estimate of drug-likeness (QED) is 0.757. The van der Waals surface area contributed by atoms with Gasteiger partial charge in [-0.25, -0.2) is 0 Å². The molecule has 0 fully saturated rings. The summed E-state index contributed by atoms with van der Waals surface area (Å²) in [6, 6.07) is 8.93. The van der Waals surface area contributed by atoms with E-state index in [2.05, 4.69) is 5.32 Å². The zero-order valence-corrected chi connectivity index (χ0v) is 12.2. The first-order chi connectivity index (χ1) is 9.88. The molecule has 0 unspecified atom stereocenters. The molecule has 2 aromatic rings. The lowest BCUT2D eigenvalue weighted by molar-refractivity contribution is 0.100. The van der Waals surface area contributed by atoms with Crippen LogP contribution in [-0.4, -0.2) is 11.8 Å². The number of nitrogen functional groups attached to an aromatic ring is 1. The molecule has 0 radical (unpaired) electrons. The second-order valence-electron chi connectivity index (χ2n) is 4.24. The van der Waals surface area contributed by atoms with Crippen LogP contribution in [0.1, 0.15) is 20.7 Å². The normalized spacial score (nSPS) is 10.2. The third kappa shape index (κ3) is 3.45. The molecule has 0 heterocycles. The summed E-state index contributed by atoms with van der Waals surface area (Å²) in [5, 5.41) is 3.28. The Morgan fingerprint density at radius 3 is 2.14 bits per heavy atom. The Bertz CT molecular complexity index is 732. The lowest BCUT2D eigenvalue weighted by Gasteiger charge is -2.11. The van der Waals surface area contributed by atoms with Gasteiger partial charge in [0.25, 0.3) is 11.8 Å². The minimum atomic E-state index is -0.702. The molecule has 0 atom stereocenters. The Balaban J connectivity index is 2.36. The number of benzene rings is 2. The zero-order valence-electron chi connectivity index (χ0n) is 10.7. The molecule has 7 heteroatoms. The van der Waals surface area contributed by atoms with E-state index in [4.69, 9.17) is 34.7 Å². The highest BCUT2D eigenvalue weighted by molar-refractivity contribution is 6.31. The maximum absolute atomic E-state index is 12.2. The van der Waals surface area contributed by atoms with Crippen molar-refractivity contribution in [3.8, 4) is 0 Å². The number of primary amides is 1. The van der Waals surface area contributed by atoms with E-state index in [0.29, 0.717) is 10.0 Å². The molecule has 0 aliphatic carbocycles. The van der Waals surface area contributed by atoms with Crippen molar-refractivity contribution >= 4 is 46.4 Å². The van der Waals surface area contributed by atoms with Gasteiger partial charge in [-0.1, -0.05) is 23.2 Å². The van der Waals surface area contributed by atoms with Gasteiger partial charge < -0.3 is 16.8 Å². The number of halogens is 2. The van der Waals surface area contributed by atoms with Crippen LogP contribution >= 0.6 is 23.2 Å². The van der Waals surface area contributed by atoms with Crippen molar-refractivity contribution in [3.63, 3.8) is 0 Å². The van der Waals surface area contributed by atoms with Gasteiger partial charge in [0, 0.05) is 15.7 Å². The van der Waals surface area contributed by atoms with E-state index in [1.54, 1.807) is 6.07 Å². The molecule has 2 aromatic carbocycles. The molecule has 0 aliphatic heterocycles. The molecule has 0 spiro atoms. The van der Waals surface area contributed by atoms with E-state index in [1.165, 1.54) is 30.3 Å². The minimum absolute atomic E-state index is 0.108. The number of rotatable bonds is 3. The van der Waals surface area contributed by atoms with Gasteiger partial charge in [-0.2, -0.15) is 0 Å². The average Bonchev–Trinajstić information content (AvgIpc) is 2.43. The monoisotopic (exact) mass is 323 g/mol. The predicted octanol–water partition coefficient (Wildman–Crippen LogP) is 2.93. The Morgan fingerprint density at radius 2 is 1.52 bits per heavy atom. The summed E-state index contributed by atoms with van der Waals surface area (Å²) < 4.78 is 0. The number of carbonyl (C=O) groups excluding carboxylic acids is 2. The molecular weight excluding hydrogens is 313 g/mol. The molecule has 21 heavy (non-hydrogen) atoms. The maximum Gasteiger partial charge on any atom is 0.257 e. The summed E-state index contributed by atoms with van der Waals surface area (Å²) in [7, 11) is 0. The fourth-order valence-electron chi connectivity index (χ4n) is 1.74. The van der Waals surface area contributed by atoms with Gasteiger partial charge in [-0.3, -0.25) is 9.59 Å². The standard InChI is InChI=1S/C14H11Cl2N3O2/c15-7-1-3-11(17)9(5-7)14(21)19-12-4-2-8(16)6-10(12)13(18)20/h1-6H,17H2,(H2,18,20)(H,19,21). The number of nitrogens with two attached hydrogens (primary N) is 2. The van der Waals surface area contributed by atoms with Crippen LogP contribution in [0.25, 0.3) is 0 Å². The Kier molecular flexibility index (Phi) is 4.35. The van der Waals surface area contributed by atoms with Crippen LogP contribution in [0.3, 0.4) is 0 Å². The summed E-state index contributed by atoms with van der Waals surface area (Å²) >= 11 is 11.6. The molecular formula is C14H11Cl2N3O2. The number of nitrogens with one attached hydrogen (secondary N) is 1. The van der Waals surface area contributed by atoms with Crippen molar-refractivity contribution in [1.82, 2.24) is 0 Å². The van der Waals surface area contributed by atoms with Gasteiger partial charge in [0.1, 0.15) is 0 Å². The highest BCUT2D eigenvalue weighted by Crippen LogP contribution is 2.23. The van der Waals surface area contributed by atoms with Crippen molar-refractivity contribution < 1.29 is 9.59 Å². The van der Waals surface area contributed by atoms with Gasteiger partial charge in [-0.05, 0) is 36.4 Å². The van der Waals surface area contributed by atoms with Gasteiger partial charge >= 0.3 is 0 Å². The molecule has 0 saturated carbocycles. The third-order valence-corrected chi connectivity index (χ3v) is 3.23. The SMILES string of the molecule is NC(=O)c1cc(Cl)ccc1NC(=O)c1cc(Cl)ccc1N. The Hall–Kier alpha value is -2.24. The molecule has 108 valence electrons. The first kappa shape index (κ1) is 15.2. The minimum Gasteiger partial charge on any atom is -0.398 e. The van der Waals surface area contributed by atoms with Crippen LogP contribution in [0, 0.1) is 0 Å². The number of hydrogen-bond acceptors (Lipinski definition) is 3. The topological polar surface area (TPSA) is 98.2 Å². The summed E-state index contributed by atoms with van der Waals surface area (Å²) in [6.45, 7) is 0. The Labute approximate surface area is 130 Å². The molecule has 0 bridgehead atoms. The summed E-state index contributed by atoms with van der Waals surface area (Å²) in [5.74, 6) is -1.20. The molecule has 0 saturated heterocycles. The molecule has 0 aliphatic rings. The first-order valence-electron chi connectivity index (χ1n) is 5.84. The molecule has 5 N–H and O–H groups in total. The van der Waals surface area contributed by atoms with E-state index in [1.807, 2.05) is 0 Å². The van der Waals surface area contributed by atoms with E-state index in [9.17, 15) is 9.59 Å². The van der Waals surface area contributed by atoms with Crippen LogP contribution < -0.4 is 16.8 Å². The fourth-order valence-corrected chi connectivity index (χ4v) is 2.09. The van der Waals surface area contributed by atoms with E-state index < -0.39 is 11.8 Å². The fraction of sp³-hybridized carbons (Fsp3) is 0. The molecule has 0 aromatic heterocycles. The van der Waals surface area contributed by atoms with Crippen LogP contribution in [0.4, 0.5) is 11.4 Å². The predicted molar refractivity (Wildman–Crippen MR) is 83.8 cm³/mol. The van der Waals surface area contributed by atoms with E-state index >= 15 is 0 Å². The van der Waals surface area contributed by atoms with Crippen molar-refractivity contribution in [1.29, 1.82) is 0 Å². The van der Waals surface area contributed by atoms with Crippen molar-refractivity contribution in [2.24, 2.45) is 5.73 Å². The number of hydrogen-bond donors (Lipinski definition) is 3. The number of anilines is 2. The second kappa shape index (κ2) is 6.03. The van der Waals surface area contributed by atoms with Crippen molar-refractivity contribution in [3.05, 3.63) is 57.6 Å². The van der Waals surface area contributed by atoms with Crippen LogP contribution in [0.2, 0.25) is 10.0 Å². The smallest absolute Gasteiger partial charge is 0.257 e. The Morgan fingerprint density at radius 1 is 0.952 bits per heavy atom. The zero-order chi connectivity index (χ0) is 15.6. The average molecular weight is 324 g/mol. The lowest BCUT2D eigenvalue weighted by Crippen LogP contribution is -2.19. The van der Waals surface area contributed by atoms with Crippen LogP contribution in [0.5, 0.6) is 0 Å². The second-order valence-corrected chi connectivity index (χ2v) is 5.11. The van der Waals surface area contributed by atoms with E-state index in [-0.39, 0.29) is 22.5 Å². The first-order valence-corrected chi connectivity index (χ1v) is 6.60. The third-order valence-electron chi connectivity index (χ3n) is 2.76. The van der Waals surface area contributed by atoms with Gasteiger partial charge in [0.2, 0.25) is 0 Å². The van der Waals surface area contributed by atoms with Crippen molar-refractivity contribution in [2.45, 2.75) is 0 Å². The molecule has 2 rings (SSSR count). The van der Waals surface area contributed by atoms with Crippen molar-refractivity contribution in [2.75, 3.05) is 11.1 Å². The van der Waals surface area contributed by atoms with Gasteiger partial charge in [0.05, 0.1) is 16.8 Å². The highest BCUT2D eigenvalue weighted by atomic mass is 35.5. The highest BCUT2D eigenvalue weighted by Gasteiger charge is 2.15. The summed E-state index contributed by atoms with van der Waals surface area (Å²) in [4.78, 5) is 23.6. The summed E-state index contributed by atoms with van der Waals surface area (Å²) in [6.07, 6.45) is 0. The maximum atomic E-state index is 12.2. The largest absolute Gasteiger partial charge is 0.398 e. The molecule has 5 nitrogen and oxygen atoms in total. The lowest BCUT2D eigenvalue weighted by atomic mass is 10.1. The van der Waals surface area contributed by atoms with Gasteiger partial charge in [0.15, 0.2) is 0 Å².